The van der Waals surface area contributed by atoms with Crippen LogP contribution >= 0.6 is 23.2 Å². The summed E-state index contributed by atoms with van der Waals surface area (Å²) in [7, 11) is 1.60. The van der Waals surface area contributed by atoms with Crippen LogP contribution < -0.4 is 0 Å². The zero-order valence-electron chi connectivity index (χ0n) is 18.1. The van der Waals surface area contributed by atoms with Crippen molar-refractivity contribution in [3.8, 4) is 11.3 Å². The van der Waals surface area contributed by atoms with E-state index >= 15 is 0 Å². The van der Waals surface area contributed by atoms with Crippen molar-refractivity contribution in [3.63, 3.8) is 0 Å². The van der Waals surface area contributed by atoms with Gasteiger partial charge in [0.1, 0.15) is 12.0 Å². The monoisotopic (exact) mass is 500 g/mol. The Balaban J connectivity index is 1.77. The molecule has 1 unspecified atom stereocenters. The Bertz CT molecular complexity index is 1330. The summed E-state index contributed by atoms with van der Waals surface area (Å²) in [6.45, 7) is 0. The maximum atomic E-state index is 14.4. The van der Waals surface area contributed by atoms with Crippen molar-refractivity contribution in [2.45, 2.75) is 18.8 Å². The van der Waals surface area contributed by atoms with E-state index in [1.807, 2.05) is 30.4 Å². The van der Waals surface area contributed by atoms with Crippen molar-refractivity contribution < 1.29 is 18.3 Å². The summed E-state index contributed by atoms with van der Waals surface area (Å²) in [5.74, 6) is -2.21. The number of methoxy groups -OCH3 is 1. The van der Waals surface area contributed by atoms with Crippen molar-refractivity contribution in [1.82, 2.24) is 9.78 Å². The third-order valence-corrected chi connectivity index (χ3v) is 6.23. The van der Waals surface area contributed by atoms with Gasteiger partial charge in [0, 0.05) is 23.5 Å². The smallest absolute Gasteiger partial charge is 0.162 e. The number of rotatable bonds is 7. The minimum Gasteiger partial charge on any atom is -0.497 e. The lowest BCUT2D eigenvalue weighted by Gasteiger charge is -2.11. The maximum absolute atomic E-state index is 14.4. The molecule has 34 heavy (non-hydrogen) atoms. The fraction of sp³-hybridized carbons (Fsp3) is 0.154. The van der Waals surface area contributed by atoms with Crippen molar-refractivity contribution in [2.75, 3.05) is 7.11 Å². The number of aromatic nitrogens is 2. The zero-order valence-corrected chi connectivity index (χ0v) is 19.7. The van der Waals surface area contributed by atoms with Crippen molar-refractivity contribution in [3.05, 3.63) is 105 Å². The molecule has 174 valence electrons. The van der Waals surface area contributed by atoms with Crippen LogP contribution in [0.2, 0.25) is 10.0 Å². The highest BCUT2D eigenvalue weighted by Gasteiger charge is 2.22. The number of ether oxygens (including phenoxy) is 1. The molecule has 1 heterocycles. The van der Waals surface area contributed by atoms with E-state index in [0.717, 1.165) is 23.1 Å². The molecule has 4 rings (SSSR count). The number of nitrogens with zero attached hydrogens (tertiary/aromatic N) is 2. The van der Waals surface area contributed by atoms with Crippen LogP contribution in [0.25, 0.3) is 17.0 Å². The van der Waals surface area contributed by atoms with Crippen LogP contribution in [0.4, 0.5) is 8.78 Å². The number of aldehydes is 1. The summed E-state index contributed by atoms with van der Waals surface area (Å²) in [5.41, 5.74) is 2.75. The van der Waals surface area contributed by atoms with Gasteiger partial charge in [0.15, 0.2) is 11.6 Å². The Hall–Kier alpha value is -3.22. The maximum Gasteiger partial charge on any atom is 0.162 e. The molecule has 0 saturated carbocycles. The number of allylic oxidation sites excluding steroid dienone is 5. The third-order valence-electron chi connectivity index (χ3n) is 5.49. The number of carbonyl (C=O) groups excluding carboxylic acids is 1. The zero-order chi connectivity index (χ0) is 24.2. The second-order valence-corrected chi connectivity index (χ2v) is 8.47. The summed E-state index contributed by atoms with van der Waals surface area (Å²) in [5, 5.41) is 5.50. The van der Waals surface area contributed by atoms with E-state index in [9.17, 15) is 13.6 Å². The van der Waals surface area contributed by atoms with Crippen molar-refractivity contribution >= 4 is 35.2 Å². The molecule has 0 bridgehead atoms. The third kappa shape index (κ3) is 4.98. The molecule has 4 nitrogen and oxygen atoms in total. The summed E-state index contributed by atoms with van der Waals surface area (Å²) in [6.07, 6.45) is 8.91. The summed E-state index contributed by atoms with van der Waals surface area (Å²) in [4.78, 5) is 11.8. The predicted octanol–water partition coefficient (Wildman–Crippen LogP) is 6.99. The molecule has 0 N–H and O–H groups in total. The summed E-state index contributed by atoms with van der Waals surface area (Å²) < 4.78 is 35.1. The molecule has 1 aromatic heterocycles. The molecule has 1 aliphatic rings. The van der Waals surface area contributed by atoms with Crippen LogP contribution in [-0.2, 0) is 16.0 Å². The highest BCUT2D eigenvalue weighted by molar-refractivity contribution is 6.42. The molecular weight excluding hydrogens is 481 g/mol. The first kappa shape index (κ1) is 23.9. The van der Waals surface area contributed by atoms with E-state index in [1.54, 1.807) is 30.0 Å². The molecule has 0 spiro atoms. The van der Waals surface area contributed by atoms with E-state index in [4.69, 9.17) is 33.0 Å². The van der Waals surface area contributed by atoms with Gasteiger partial charge in [-0.3, -0.25) is 0 Å². The van der Waals surface area contributed by atoms with E-state index in [-0.39, 0.29) is 12.0 Å². The lowest BCUT2D eigenvalue weighted by molar-refractivity contribution is -0.109. The van der Waals surface area contributed by atoms with Gasteiger partial charge in [0.2, 0.25) is 0 Å². The van der Waals surface area contributed by atoms with Gasteiger partial charge >= 0.3 is 0 Å². The lowest BCUT2D eigenvalue weighted by atomic mass is 9.95. The minimum atomic E-state index is -1.03. The lowest BCUT2D eigenvalue weighted by Crippen LogP contribution is -2.09. The number of benzene rings is 2. The van der Waals surface area contributed by atoms with Gasteiger partial charge in [-0.15, -0.1) is 0 Å². The number of hydrogen-bond acceptors (Lipinski definition) is 3. The van der Waals surface area contributed by atoms with E-state index in [1.165, 1.54) is 12.1 Å². The Kier molecular flexibility index (Phi) is 7.29. The molecule has 0 saturated heterocycles. The average Bonchev–Trinajstić information content (AvgIpc) is 3.10. The SMILES string of the molecule is COC1=CCC=C(n2nc(CC(C=O)c3cccc(F)c3F)cc2-c2ccc(Cl)c(Cl)c2)C=C1. The van der Waals surface area contributed by atoms with Gasteiger partial charge in [-0.1, -0.05) is 47.5 Å². The highest BCUT2D eigenvalue weighted by Crippen LogP contribution is 2.32. The Morgan fingerprint density at radius 2 is 1.94 bits per heavy atom. The summed E-state index contributed by atoms with van der Waals surface area (Å²) >= 11 is 12.3. The largest absolute Gasteiger partial charge is 0.497 e. The Morgan fingerprint density at radius 3 is 2.68 bits per heavy atom. The van der Waals surface area contributed by atoms with Crippen LogP contribution in [-0.4, -0.2) is 23.2 Å². The van der Waals surface area contributed by atoms with E-state index in [2.05, 4.69) is 0 Å². The van der Waals surface area contributed by atoms with Crippen LogP contribution in [0.3, 0.4) is 0 Å². The number of carbonyl (C=O) groups is 1. The average molecular weight is 501 g/mol. The molecule has 2 aromatic carbocycles. The normalized spacial score (nSPS) is 14.3. The van der Waals surface area contributed by atoms with Crippen LogP contribution in [0.1, 0.15) is 23.6 Å². The molecule has 3 aromatic rings. The van der Waals surface area contributed by atoms with Crippen LogP contribution in [0.5, 0.6) is 0 Å². The number of halogens is 4. The minimum absolute atomic E-state index is 0.0110. The molecule has 1 aliphatic carbocycles. The first-order valence-electron chi connectivity index (χ1n) is 10.5. The Labute approximate surface area is 205 Å². The van der Waals surface area contributed by atoms with Gasteiger partial charge < -0.3 is 9.53 Å². The summed E-state index contributed by atoms with van der Waals surface area (Å²) in [6, 6.07) is 10.8. The predicted molar refractivity (Wildman–Crippen MR) is 130 cm³/mol. The molecule has 0 aliphatic heterocycles. The second-order valence-electron chi connectivity index (χ2n) is 7.66. The number of hydrogen-bond donors (Lipinski definition) is 0. The molecule has 0 fully saturated rings. The van der Waals surface area contributed by atoms with Gasteiger partial charge in [-0.25, -0.2) is 13.5 Å². The molecule has 1 atom stereocenters. The van der Waals surface area contributed by atoms with Crippen molar-refractivity contribution in [2.24, 2.45) is 0 Å². The van der Waals surface area contributed by atoms with Crippen LogP contribution in [0, 0.1) is 11.6 Å². The molecule has 0 amide bonds. The first-order valence-corrected chi connectivity index (χ1v) is 11.2. The van der Waals surface area contributed by atoms with Gasteiger partial charge in [-0.05, 0) is 48.9 Å². The van der Waals surface area contributed by atoms with E-state index < -0.39 is 17.6 Å². The topological polar surface area (TPSA) is 44.1 Å². The van der Waals surface area contributed by atoms with Gasteiger partial charge in [-0.2, -0.15) is 5.10 Å². The Morgan fingerprint density at radius 1 is 1.12 bits per heavy atom. The highest BCUT2D eigenvalue weighted by atomic mass is 35.5. The quantitative estimate of drug-likeness (QED) is 0.328. The fourth-order valence-corrected chi connectivity index (χ4v) is 4.06. The van der Waals surface area contributed by atoms with Gasteiger partial charge in [0.25, 0.3) is 0 Å². The molecular formula is C26H20Cl2F2N2O2. The molecule has 0 radical (unpaired) electrons. The van der Waals surface area contributed by atoms with Crippen molar-refractivity contribution in [1.29, 1.82) is 0 Å². The second kappa shape index (κ2) is 10.4. The first-order chi connectivity index (χ1) is 16.4. The standard InChI is InChI=1S/C26H20Cl2F2N2O2/c1-34-20-5-2-4-19(9-10-20)32-25(16-8-11-22(27)23(28)13-16)14-18(31-32)12-17(15-33)21-6-3-7-24(29)26(21)30/h3-11,13-15,17H,2,12H2,1H3. The van der Waals surface area contributed by atoms with E-state index in [0.29, 0.717) is 34.1 Å². The van der Waals surface area contributed by atoms with Gasteiger partial charge in [0.05, 0.1) is 34.2 Å². The van der Waals surface area contributed by atoms with Crippen LogP contribution in [0.15, 0.2) is 72.5 Å². The fourth-order valence-electron chi connectivity index (χ4n) is 3.76. The molecule has 8 heteroatoms.